The van der Waals surface area contributed by atoms with E-state index in [-0.39, 0.29) is 23.0 Å². The number of rotatable bonds is 6. The van der Waals surface area contributed by atoms with E-state index in [1.807, 2.05) is 0 Å². The molecule has 0 aromatic heterocycles. The van der Waals surface area contributed by atoms with Crippen LogP contribution in [0.3, 0.4) is 0 Å². The smallest absolute Gasteiger partial charge is 0.410 e. The molecule has 10 nitrogen and oxygen atoms in total. The first kappa shape index (κ1) is 23.1. The summed E-state index contributed by atoms with van der Waals surface area (Å²) in [7, 11) is 1.18. The van der Waals surface area contributed by atoms with E-state index in [0.717, 1.165) is 6.07 Å². The molecule has 1 fully saturated rings. The van der Waals surface area contributed by atoms with Gasteiger partial charge in [0, 0.05) is 30.6 Å². The number of methoxy groups -OCH3 is 1. The van der Waals surface area contributed by atoms with E-state index in [0.29, 0.717) is 25.9 Å². The van der Waals surface area contributed by atoms with Crippen molar-refractivity contribution in [2.24, 2.45) is 5.92 Å². The summed E-state index contributed by atoms with van der Waals surface area (Å²) in [6, 6.07) is 3.88. The van der Waals surface area contributed by atoms with Crippen molar-refractivity contribution in [3.8, 4) is 5.75 Å². The highest BCUT2D eigenvalue weighted by atomic mass is 16.6. The summed E-state index contributed by atoms with van der Waals surface area (Å²) in [6.45, 7) is 5.61. The number of Topliss-reactive ketones (excluding diaryl/α,β-unsaturated/α-hetero) is 1. The Labute approximate surface area is 174 Å². The Kier molecular flexibility index (Phi) is 7.36. The summed E-state index contributed by atoms with van der Waals surface area (Å²) in [5.41, 5.74) is -0.820. The molecule has 30 heavy (non-hydrogen) atoms. The number of amides is 1. The lowest BCUT2D eigenvalue weighted by molar-refractivity contribution is -0.385. The minimum atomic E-state index is -0.679. The van der Waals surface area contributed by atoms with Crippen LogP contribution < -0.4 is 4.74 Å². The van der Waals surface area contributed by atoms with Crippen molar-refractivity contribution < 1.29 is 33.5 Å². The van der Waals surface area contributed by atoms with Crippen LogP contribution in [0.15, 0.2) is 18.2 Å². The van der Waals surface area contributed by atoms with Crippen molar-refractivity contribution in [3.63, 3.8) is 0 Å². The van der Waals surface area contributed by atoms with E-state index in [4.69, 9.17) is 9.47 Å². The van der Waals surface area contributed by atoms with E-state index in [1.165, 1.54) is 19.2 Å². The summed E-state index contributed by atoms with van der Waals surface area (Å²) in [5.74, 6) is -1.39. The largest absolute Gasteiger partial charge is 0.475 e. The Hall–Kier alpha value is -3.17. The normalized spacial score (nSPS) is 14.7. The van der Waals surface area contributed by atoms with Gasteiger partial charge in [0.1, 0.15) is 5.60 Å². The third kappa shape index (κ3) is 6.16. The summed E-state index contributed by atoms with van der Waals surface area (Å²) in [4.78, 5) is 48.4. The SMILES string of the molecule is COC(=O)COc1ccc(C(=O)C2CCN(C(=O)OC(C)(C)C)CC2)cc1[N+](=O)[O-]. The van der Waals surface area contributed by atoms with Crippen LogP contribution in [0.25, 0.3) is 0 Å². The van der Waals surface area contributed by atoms with Crippen LogP contribution in [0, 0.1) is 16.0 Å². The fraction of sp³-hybridized carbons (Fsp3) is 0.550. The topological polar surface area (TPSA) is 125 Å². The van der Waals surface area contributed by atoms with E-state index in [2.05, 4.69) is 4.74 Å². The molecule has 10 heteroatoms. The number of likely N-dealkylation sites (tertiary alicyclic amines) is 1. The van der Waals surface area contributed by atoms with Crippen molar-refractivity contribution in [1.82, 2.24) is 4.90 Å². The molecule has 1 aromatic carbocycles. The molecule has 0 spiro atoms. The summed E-state index contributed by atoms with van der Waals surface area (Å²) in [6.07, 6.45) is 0.454. The fourth-order valence-corrected chi connectivity index (χ4v) is 3.02. The first-order valence-electron chi connectivity index (χ1n) is 9.52. The molecule has 0 unspecified atom stereocenters. The van der Waals surface area contributed by atoms with E-state index < -0.39 is 34.9 Å². The number of piperidine rings is 1. The number of ether oxygens (including phenoxy) is 3. The maximum absolute atomic E-state index is 12.8. The molecule has 164 valence electrons. The molecule has 0 atom stereocenters. The van der Waals surface area contributed by atoms with Gasteiger partial charge in [-0.2, -0.15) is 0 Å². The zero-order valence-corrected chi connectivity index (χ0v) is 17.5. The van der Waals surface area contributed by atoms with Crippen LogP contribution in [-0.2, 0) is 14.3 Å². The predicted molar refractivity (Wildman–Crippen MR) is 105 cm³/mol. The fourth-order valence-electron chi connectivity index (χ4n) is 3.02. The van der Waals surface area contributed by atoms with E-state index >= 15 is 0 Å². The Morgan fingerprint density at radius 3 is 2.37 bits per heavy atom. The Balaban J connectivity index is 2.05. The molecular formula is C20H26N2O8. The van der Waals surface area contributed by atoms with Gasteiger partial charge in [-0.3, -0.25) is 14.9 Å². The van der Waals surface area contributed by atoms with Gasteiger partial charge in [-0.05, 0) is 45.7 Å². The van der Waals surface area contributed by atoms with Gasteiger partial charge in [0.2, 0.25) is 0 Å². The highest BCUT2D eigenvalue weighted by Gasteiger charge is 2.31. The van der Waals surface area contributed by atoms with Crippen molar-refractivity contribution >= 4 is 23.5 Å². The molecular weight excluding hydrogens is 396 g/mol. The van der Waals surface area contributed by atoms with Crippen molar-refractivity contribution in [2.45, 2.75) is 39.2 Å². The number of nitrogens with zero attached hydrogens (tertiary/aromatic N) is 2. The van der Waals surface area contributed by atoms with Gasteiger partial charge in [-0.1, -0.05) is 0 Å². The number of nitro benzene ring substituents is 1. The number of hydrogen-bond donors (Lipinski definition) is 0. The van der Waals surface area contributed by atoms with Crippen LogP contribution in [-0.4, -0.2) is 60.1 Å². The van der Waals surface area contributed by atoms with Crippen molar-refractivity contribution in [3.05, 3.63) is 33.9 Å². The standard InChI is InChI=1S/C20H26N2O8/c1-20(2,3)30-19(25)21-9-7-13(8-10-21)18(24)14-5-6-16(15(11-14)22(26)27)29-12-17(23)28-4/h5-6,11,13H,7-10,12H2,1-4H3. The Morgan fingerprint density at radius 1 is 1.20 bits per heavy atom. The number of esters is 1. The van der Waals surface area contributed by atoms with Gasteiger partial charge < -0.3 is 19.1 Å². The van der Waals surface area contributed by atoms with Crippen LogP contribution in [0.5, 0.6) is 5.75 Å². The van der Waals surface area contributed by atoms with Crippen molar-refractivity contribution in [1.29, 1.82) is 0 Å². The van der Waals surface area contributed by atoms with Gasteiger partial charge >= 0.3 is 17.7 Å². The second-order valence-corrected chi connectivity index (χ2v) is 7.91. The Bertz CT molecular complexity index is 823. The first-order valence-corrected chi connectivity index (χ1v) is 9.52. The zero-order chi connectivity index (χ0) is 22.5. The van der Waals surface area contributed by atoms with Crippen LogP contribution in [0.1, 0.15) is 44.0 Å². The van der Waals surface area contributed by atoms with Gasteiger partial charge in [0.05, 0.1) is 12.0 Å². The predicted octanol–water partition coefficient (Wildman–Crippen LogP) is 2.98. The molecule has 1 saturated heterocycles. The van der Waals surface area contributed by atoms with Crippen LogP contribution in [0.4, 0.5) is 10.5 Å². The maximum Gasteiger partial charge on any atom is 0.410 e. The monoisotopic (exact) mass is 422 g/mol. The lowest BCUT2D eigenvalue weighted by Gasteiger charge is -2.32. The molecule has 1 aliphatic heterocycles. The second kappa shape index (κ2) is 9.55. The molecule has 1 aliphatic rings. The number of benzene rings is 1. The van der Waals surface area contributed by atoms with Gasteiger partial charge in [0.25, 0.3) is 0 Å². The van der Waals surface area contributed by atoms with E-state index in [1.54, 1.807) is 25.7 Å². The molecule has 0 bridgehead atoms. The molecule has 1 amide bonds. The quantitative estimate of drug-likeness (QED) is 0.296. The van der Waals surface area contributed by atoms with Gasteiger partial charge in [-0.25, -0.2) is 9.59 Å². The zero-order valence-electron chi connectivity index (χ0n) is 17.5. The average molecular weight is 422 g/mol. The first-order chi connectivity index (χ1) is 14.0. The molecule has 0 radical (unpaired) electrons. The molecule has 0 N–H and O–H groups in total. The average Bonchev–Trinajstić information content (AvgIpc) is 2.70. The maximum atomic E-state index is 12.8. The summed E-state index contributed by atoms with van der Waals surface area (Å²) < 4.78 is 14.9. The molecule has 2 rings (SSSR count). The minimum absolute atomic E-state index is 0.123. The number of ketones is 1. The lowest BCUT2D eigenvalue weighted by atomic mass is 9.89. The molecule has 0 aliphatic carbocycles. The molecule has 0 saturated carbocycles. The number of carbonyl (C=O) groups excluding carboxylic acids is 3. The summed E-state index contributed by atoms with van der Waals surface area (Å²) in [5, 5.41) is 11.4. The third-order valence-corrected chi connectivity index (χ3v) is 4.53. The summed E-state index contributed by atoms with van der Waals surface area (Å²) >= 11 is 0. The van der Waals surface area contributed by atoms with Crippen LogP contribution >= 0.6 is 0 Å². The number of hydrogen-bond acceptors (Lipinski definition) is 8. The Morgan fingerprint density at radius 2 is 1.83 bits per heavy atom. The van der Waals surface area contributed by atoms with Crippen LogP contribution in [0.2, 0.25) is 0 Å². The third-order valence-electron chi connectivity index (χ3n) is 4.53. The number of nitro groups is 1. The highest BCUT2D eigenvalue weighted by molar-refractivity contribution is 5.98. The minimum Gasteiger partial charge on any atom is -0.475 e. The van der Waals surface area contributed by atoms with Gasteiger partial charge in [-0.15, -0.1) is 0 Å². The molecule has 1 aromatic rings. The highest BCUT2D eigenvalue weighted by Crippen LogP contribution is 2.31. The lowest BCUT2D eigenvalue weighted by Crippen LogP contribution is -2.43. The number of carbonyl (C=O) groups is 3. The van der Waals surface area contributed by atoms with Crippen molar-refractivity contribution in [2.75, 3.05) is 26.8 Å². The second-order valence-electron chi connectivity index (χ2n) is 7.91. The van der Waals surface area contributed by atoms with E-state index in [9.17, 15) is 24.5 Å². The van der Waals surface area contributed by atoms with Gasteiger partial charge in [0.15, 0.2) is 18.1 Å². The molecule has 1 heterocycles.